The summed E-state index contributed by atoms with van der Waals surface area (Å²) in [5.74, 6) is -1.57. The molecule has 1 fully saturated rings. The van der Waals surface area contributed by atoms with Gasteiger partial charge in [-0.2, -0.15) is 12.7 Å². The second kappa shape index (κ2) is 7.18. The molecule has 0 spiro atoms. The number of carboxylic acids is 1. The first-order valence-electron chi connectivity index (χ1n) is 6.48. The van der Waals surface area contributed by atoms with Crippen molar-refractivity contribution in [3.63, 3.8) is 0 Å². The van der Waals surface area contributed by atoms with E-state index in [0.29, 0.717) is 32.2 Å². The zero-order chi connectivity index (χ0) is 14.5. The van der Waals surface area contributed by atoms with Gasteiger partial charge in [0, 0.05) is 19.6 Å². The zero-order valence-corrected chi connectivity index (χ0v) is 11.9. The van der Waals surface area contributed by atoms with Crippen LogP contribution in [-0.4, -0.2) is 54.6 Å². The summed E-state index contributed by atoms with van der Waals surface area (Å²) >= 11 is 0. The van der Waals surface area contributed by atoms with E-state index in [1.807, 2.05) is 0 Å². The van der Waals surface area contributed by atoms with E-state index in [0.717, 1.165) is 0 Å². The maximum atomic E-state index is 12.0. The van der Waals surface area contributed by atoms with E-state index in [-0.39, 0.29) is 13.1 Å². The Kier molecular flexibility index (Phi) is 6.18. The Morgan fingerprint density at radius 3 is 2.79 bits per heavy atom. The van der Waals surface area contributed by atoms with Gasteiger partial charge in [0.25, 0.3) is 10.2 Å². The van der Waals surface area contributed by atoms with Crippen molar-refractivity contribution in [2.24, 2.45) is 5.92 Å². The highest BCUT2D eigenvalue weighted by atomic mass is 32.2. The highest BCUT2D eigenvalue weighted by Crippen LogP contribution is 2.18. The first-order valence-corrected chi connectivity index (χ1v) is 7.92. The molecule has 3 N–H and O–H groups in total. The SMILES string of the molecule is CC(O)CCCNS(=O)(=O)N1CCCC(C(=O)O)C1. The van der Waals surface area contributed by atoms with E-state index in [1.54, 1.807) is 6.92 Å². The van der Waals surface area contributed by atoms with Crippen molar-refractivity contribution >= 4 is 16.2 Å². The Morgan fingerprint density at radius 1 is 1.53 bits per heavy atom. The Bertz CT molecular complexity index is 396. The fourth-order valence-corrected chi connectivity index (χ4v) is 3.38. The van der Waals surface area contributed by atoms with Gasteiger partial charge in [0.2, 0.25) is 0 Å². The molecule has 8 heteroatoms. The minimum absolute atomic E-state index is 0.0288. The molecule has 1 saturated heterocycles. The molecule has 19 heavy (non-hydrogen) atoms. The summed E-state index contributed by atoms with van der Waals surface area (Å²) in [6, 6.07) is 0. The molecule has 2 unspecified atom stereocenters. The predicted molar refractivity (Wildman–Crippen MR) is 69.8 cm³/mol. The van der Waals surface area contributed by atoms with Crippen LogP contribution < -0.4 is 4.72 Å². The average Bonchev–Trinajstić information content (AvgIpc) is 2.34. The monoisotopic (exact) mass is 294 g/mol. The summed E-state index contributed by atoms with van der Waals surface area (Å²) in [6.45, 7) is 2.29. The van der Waals surface area contributed by atoms with Crippen LogP contribution in [0.5, 0.6) is 0 Å². The van der Waals surface area contributed by atoms with Crippen LogP contribution in [0.25, 0.3) is 0 Å². The molecule has 0 aromatic heterocycles. The number of aliphatic hydroxyl groups excluding tert-OH is 1. The van der Waals surface area contributed by atoms with Crippen molar-refractivity contribution < 1.29 is 23.4 Å². The number of rotatable bonds is 7. The van der Waals surface area contributed by atoms with E-state index in [2.05, 4.69) is 4.72 Å². The second-order valence-corrected chi connectivity index (χ2v) is 6.68. The number of aliphatic carboxylic acids is 1. The lowest BCUT2D eigenvalue weighted by Gasteiger charge is -2.29. The van der Waals surface area contributed by atoms with Gasteiger partial charge in [-0.05, 0) is 32.6 Å². The van der Waals surface area contributed by atoms with Crippen molar-refractivity contribution in [3.05, 3.63) is 0 Å². The summed E-state index contributed by atoms with van der Waals surface area (Å²) in [6.07, 6.45) is 1.71. The number of hydrogen-bond acceptors (Lipinski definition) is 4. The third kappa shape index (κ3) is 5.43. The molecule has 0 amide bonds. The van der Waals surface area contributed by atoms with Crippen LogP contribution in [0.15, 0.2) is 0 Å². The van der Waals surface area contributed by atoms with Crippen molar-refractivity contribution in [2.75, 3.05) is 19.6 Å². The molecule has 1 aliphatic rings. The molecular weight excluding hydrogens is 272 g/mol. The van der Waals surface area contributed by atoms with Gasteiger partial charge < -0.3 is 10.2 Å². The average molecular weight is 294 g/mol. The van der Waals surface area contributed by atoms with Crippen molar-refractivity contribution in [2.45, 2.75) is 38.7 Å². The quantitative estimate of drug-likeness (QED) is 0.563. The molecule has 2 atom stereocenters. The summed E-state index contributed by atoms with van der Waals surface area (Å²) in [4.78, 5) is 10.9. The Labute approximate surface area is 113 Å². The van der Waals surface area contributed by atoms with Crippen LogP contribution in [0.4, 0.5) is 0 Å². The first kappa shape index (κ1) is 16.4. The van der Waals surface area contributed by atoms with E-state index in [9.17, 15) is 13.2 Å². The molecule has 0 aromatic carbocycles. The molecule has 0 aliphatic carbocycles. The van der Waals surface area contributed by atoms with Crippen LogP contribution >= 0.6 is 0 Å². The predicted octanol–water partition coefficient (Wildman–Crippen LogP) is -0.222. The fourth-order valence-electron chi connectivity index (χ4n) is 2.05. The Morgan fingerprint density at radius 2 is 2.21 bits per heavy atom. The lowest BCUT2D eigenvalue weighted by atomic mass is 10.0. The lowest BCUT2D eigenvalue weighted by molar-refractivity contribution is -0.142. The maximum Gasteiger partial charge on any atom is 0.307 e. The smallest absolute Gasteiger partial charge is 0.307 e. The molecule has 0 saturated carbocycles. The minimum Gasteiger partial charge on any atom is -0.481 e. The van der Waals surface area contributed by atoms with Gasteiger partial charge in [-0.3, -0.25) is 4.79 Å². The van der Waals surface area contributed by atoms with Crippen LogP contribution in [-0.2, 0) is 15.0 Å². The molecule has 7 nitrogen and oxygen atoms in total. The highest BCUT2D eigenvalue weighted by Gasteiger charge is 2.31. The summed E-state index contributed by atoms with van der Waals surface area (Å²) in [5, 5.41) is 18.0. The summed E-state index contributed by atoms with van der Waals surface area (Å²) in [7, 11) is -3.61. The van der Waals surface area contributed by atoms with Crippen LogP contribution in [0.3, 0.4) is 0 Å². The third-order valence-electron chi connectivity index (χ3n) is 3.16. The molecule has 1 rings (SSSR count). The number of carboxylic acid groups (broad SMARTS) is 1. The zero-order valence-electron chi connectivity index (χ0n) is 11.1. The second-order valence-electron chi connectivity index (χ2n) is 4.93. The molecule has 0 radical (unpaired) electrons. The number of aliphatic hydroxyl groups is 1. The Balaban J connectivity index is 2.45. The molecule has 0 bridgehead atoms. The molecule has 112 valence electrons. The number of nitrogens with zero attached hydrogens (tertiary/aromatic N) is 1. The highest BCUT2D eigenvalue weighted by molar-refractivity contribution is 7.87. The normalized spacial score (nSPS) is 23.2. The molecular formula is C11H22N2O5S. The van der Waals surface area contributed by atoms with Gasteiger partial charge >= 0.3 is 5.97 Å². The van der Waals surface area contributed by atoms with Gasteiger partial charge in [-0.15, -0.1) is 0 Å². The van der Waals surface area contributed by atoms with Crippen molar-refractivity contribution in [1.82, 2.24) is 9.03 Å². The van der Waals surface area contributed by atoms with Crippen molar-refractivity contribution in [3.8, 4) is 0 Å². The first-order chi connectivity index (χ1) is 8.83. The number of nitrogens with one attached hydrogen (secondary N) is 1. The minimum atomic E-state index is -3.61. The fraction of sp³-hybridized carbons (Fsp3) is 0.909. The number of carbonyl (C=O) groups is 1. The third-order valence-corrected chi connectivity index (χ3v) is 4.74. The van der Waals surface area contributed by atoms with E-state index < -0.39 is 28.2 Å². The molecule has 1 aliphatic heterocycles. The number of piperidine rings is 1. The van der Waals surface area contributed by atoms with Crippen LogP contribution in [0.2, 0.25) is 0 Å². The standard InChI is InChI=1S/C11H22N2O5S/c1-9(14)4-2-6-12-19(17,18)13-7-3-5-10(8-13)11(15)16/h9-10,12,14H,2-8H2,1H3,(H,15,16). The van der Waals surface area contributed by atoms with Gasteiger partial charge in [0.05, 0.1) is 12.0 Å². The topological polar surface area (TPSA) is 107 Å². The van der Waals surface area contributed by atoms with Gasteiger partial charge in [0.15, 0.2) is 0 Å². The Hall–Kier alpha value is -0.700. The number of hydrogen-bond donors (Lipinski definition) is 3. The van der Waals surface area contributed by atoms with Crippen LogP contribution in [0, 0.1) is 5.92 Å². The summed E-state index contributed by atoms with van der Waals surface area (Å²) < 4.78 is 27.5. The van der Waals surface area contributed by atoms with Gasteiger partial charge in [-0.1, -0.05) is 0 Å². The van der Waals surface area contributed by atoms with Crippen LogP contribution in [0.1, 0.15) is 32.6 Å². The molecule has 0 aromatic rings. The largest absolute Gasteiger partial charge is 0.481 e. The van der Waals surface area contributed by atoms with Gasteiger partial charge in [-0.25, -0.2) is 4.72 Å². The maximum absolute atomic E-state index is 12.0. The van der Waals surface area contributed by atoms with E-state index in [1.165, 1.54) is 4.31 Å². The van der Waals surface area contributed by atoms with Crippen molar-refractivity contribution in [1.29, 1.82) is 0 Å². The summed E-state index contributed by atoms with van der Waals surface area (Å²) in [5.41, 5.74) is 0. The van der Waals surface area contributed by atoms with E-state index >= 15 is 0 Å². The molecule has 1 heterocycles. The van der Waals surface area contributed by atoms with Gasteiger partial charge in [0.1, 0.15) is 0 Å². The lowest BCUT2D eigenvalue weighted by Crippen LogP contribution is -2.47. The van der Waals surface area contributed by atoms with E-state index in [4.69, 9.17) is 10.2 Å².